The third-order valence-electron chi connectivity index (χ3n) is 2.78. The maximum atomic E-state index is 12.6. The standard InChI is InChI=1S/C12H10ClF3N2O/c1-7-10(12(14,15)16)17-18(11(7)19)6-8-3-2-4-9(13)5-8/h2-5,7H,6H2,1H3. The summed E-state index contributed by atoms with van der Waals surface area (Å²) in [7, 11) is 0. The summed E-state index contributed by atoms with van der Waals surface area (Å²) in [5.74, 6) is -1.92. The molecule has 3 nitrogen and oxygen atoms in total. The molecule has 1 aliphatic heterocycles. The fourth-order valence-electron chi connectivity index (χ4n) is 1.83. The number of carbonyl (C=O) groups excluding carboxylic acids is 1. The Balaban J connectivity index is 2.22. The summed E-state index contributed by atoms with van der Waals surface area (Å²) in [5, 5.41) is 4.67. The first kappa shape index (κ1) is 13.9. The highest BCUT2D eigenvalue weighted by molar-refractivity contribution is 6.30. The Morgan fingerprint density at radius 2 is 2.11 bits per heavy atom. The molecule has 1 unspecified atom stereocenters. The van der Waals surface area contributed by atoms with Crippen molar-refractivity contribution in [2.24, 2.45) is 11.0 Å². The number of nitrogens with zero attached hydrogens (tertiary/aromatic N) is 2. The second-order valence-corrected chi connectivity index (χ2v) is 4.67. The van der Waals surface area contributed by atoms with Crippen LogP contribution >= 0.6 is 11.6 Å². The van der Waals surface area contributed by atoms with Crippen molar-refractivity contribution < 1.29 is 18.0 Å². The smallest absolute Gasteiger partial charge is 0.272 e. The van der Waals surface area contributed by atoms with Crippen molar-refractivity contribution in [1.82, 2.24) is 5.01 Å². The molecular weight excluding hydrogens is 281 g/mol. The van der Waals surface area contributed by atoms with Crippen molar-refractivity contribution in [3.05, 3.63) is 34.9 Å². The highest BCUT2D eigenvalue weighted by atomic mass is 35.5. The van der Waals surface area contributed by atoms with Gasteiger partial charge >= 0.3 is 6.18 Å². The van der Waals surface area contributed by atoms with Crippen LogP contribution in [0.3, 0.4) is 0 Å². The Bertz CT molecular complexity index is 542. The van der Waals surface area contributed by atoms with Crippen LogP contribution in [0.1, 0.15) is 12.5 Å². The molecule has 1 atom stereocenters. The van der Waals surface area contributed by atoms with Crippen molar-refractivity contribution >= 4 is 23.2 Å². The van der Waals surface area contributed by atoms with E-state index in [1.54, 1.807) is 24.3 Å². The molecule has 0 spiro atoms. The van der Waals surface area contributed by atoms with Crippen LogP contribution in [0, 0.1) is 5.92 Å². The normalized spacial score (nSPS) is 19.8. The SMILES string of the molecule is CC1C(=O)N(Cc2cccc(Cl)c2)N=C1C(F)(F)F. The van der Waals surface area contributed by atoms with Crippen molar-refractivity contribution in [2.45, 2.75) is 19.6 Å². The van der Waals surface area contributed by atoms with Crippen molar-refractivity contribution in [3.63, 3.8) is 0 Å². The Kier molecular flexibility index (Phi) is 3.54. The average molecular weight is 291 g/mol. The van der Waals surface area contributed by atoms with E-state index in [0.717, 1.165) is 5.01 Å². The largest absolute Gasteiger partial charge is 0.431 e. The molecule has 0 saturated carbocycles. The number of hydrogen-bond acceptors (Lipinski definition) is 2. The Morgan fingerprint density at radius 3 is 2.63 bits per heavy atom. The highest BCUT2D eigenvalue weighted by Gasteiger charge is 2.47. The second kappa shape index (κ2) is 4.85. The maximum absolute atomic E-state index is 12.6. The van der Waals surface area contributed by atoms with Gasteiger partial charge in [0.1, 0.15) is 0 Å². The lowest BCUT2D eigenvalue weighted by molar-refractivity contribution is -0.132. The average Bonchev–Trinajstić information content (AvgIpc) is 2.57. The molecule has 7 heteroatoms. The number of alkyl halides is 3. The molecule has 0 radical (unpaired) electrons. The van der Waals surface area contributed by atoms with Gasteiger partial charge in [-0.3, -0.25) is 4.79 Å². The zero-order valence-electron chi connectivity index (χ0n) is 9.91. The Morgan fingerprint density at radius 1 is 1.42 bits per heavy atom. The summed E-state index contributed by atoms with van der Waals surface area (Å²) < 4.78 is 37.9. The molecule has 102 valence electrons. The first-order valence-corrected chi connectivity index (χ1v) is 5.88. The van der Waals surface area contributed by atoms with Gasteiger partial charge in [-0.2, -0.15) is 18.3 Å². The minimum absolute atomic E-state index is 0.0245. The minimum Gasteiger partial charge on any atom is -0.272 e. The van der Waals surface area contributed by atoms with Gasteiger partial charge in [0.15, 0.2) is 5.71 Å². The number of hydrazone groups is 1. The van der Waals surface area contributed by atoms with Gasteiger partial charge in [0.25, 0.3) is 5.91 Å². The fraction of sp³-hybridized carbons (Fsp3) is 0.333. The Labute approximate surface area is 112 Å². The molecule has 1 amide bonds. The van der Waals surface area contributed by atoms with E-state index in [1.807, 2.05) is 0 Å². The van der Waals surface area contributed by atoms with Crippen LogP contribution in [-0.2, 0) is 11.3 Å². The number of amides is 1. The van der Waals surface area contributed by atoms with Crippen LogP contribution < -0.4 is 0 Å². The molecular formula is C12H10ClF3N2O. The molecule has 19 heavy (non-hydrogen) atoms. The first-order chi connectivity index (χ1) is 8.79. The van der Waals surface area contributed by atoms with Crippen molar-refractivity contribution in [2.75, 3.05) is 0 Å². The summed E-state index contributed by atoms with van der Waals surface area (Å²) in [6.45, 7) is 1.18. The van der Waals surface area contributed by atoms with E-state index in [9.17, 15) is 18.0 Å². The zero-order valence-corrected chi connectivity index (χ0v) is 10.7. The Hall–Kier alpha value is -1.56. The molecule has 2 rings (SSSR count). The van der Waals surface area contributed by atoms with Gasteiger partial charge in [-0.1, -0.05) is 23.7 Å². The molecule has 0 aromatic heterocycles. The lowest BCUT2D eigenvalue weighted by Gasteiger charge is -2.12. The lowest BCUT2D eigenvalue weighted by Crippen LogP contribution is -2.30. The van der Waals surface area contributed by atoms with Gasteiger partial charge in [-0.05, 0) is 24.6 Å². The highest BCUT2D eigenvalue weighted by Crippen LogP contribution is 2.29. The molecule has 0 N–H and O–H groups in total. The van der Waals surface area contributed by atoms with Crippen LogP contribution in [0.5, 0.6) is 0 Å². The van der Waals surface area contributed by atoms with Crippen LogP contribution in [0.2, 0.25) is 5.02 Å². The molecule has 1 aromatic rings. The molecule has 0 saturated heterocycles. The fourth-order valence-corrected chi connectivity index (χ4v) is 2.04. The van der Waals surface area contributed by atoms with E-state index >= 15 is 0 Å². The monoisotopic (exact) mass is 290 g/mol. The van der Waals surface area contributed by atoms with Gasteiger partial charge in [-0.25, -0.2) is 5.01 Å². The summed E-state index contributed by atoms with van der Waals surface area (Å²) in [6, 6.07) is 6.56. The first-order valence-electron chi connectivity index (χ1n) is 5.50. The summed E-state index contributed by atoms with van der Waals surface area (Å²) >= 11 is 5.78. The van der Waals surface area contributed by atoms with Crippen LogP contribution in [0.25, 0.3) is 0 Å². The molecule has 0 aliphatic carbocycles. The molecule has 1 aliphatic rings. The van der Waals surface area contributed by atoms with E-state index in [0.29, 0.717) is 10.6 Å². The quantitative estimate of drug-likeness (QED) is 0.823. The van der Waals surface area contributed by atoms with E-state index in [2.05, 4.69) is 5.10 Å². The van der Waals surface area contributed by atoms with Gasteiger partial charge in [-0.15, -0.1) is 0 Å². The number of rotatable bonds is 2. The molecule has 1 heterocycles. The van der Waals surface area contributed by atoms with Crippen LogP contribution in [0.4, 0.5) is 13.2 Å². The van der Waals surface area contributed by atoms with Crippen molar-refractivity contribution in [1.29, 1.82) is 0 Å². The number of halogens is 4. The number of benzene rings is 1. The van der Waals surface area contributed by atoms with Gasteiger partial charge in [0.2, 0.25) is 0 Å². The van der Waals surface area contributed by atoms with Gasteiger partial charge < -0.3 is 0 Å². The predicted octanol–water partition coefficient (Wildman–Crippen LogP) is 3.24. The molecule has 1 aromatic carbocycles. The van der Waals surface area contributed by atoms with Crippen LogP contribution in [-0.4, -0.2) is 22.8 Å². The number of carbonyl (C=O) groups is 1. The second-order valence-electron chi connectivity index (χ2n) is 4.23. The minimum atomic E-state index is -4.59. The summed E-state index contributed by atoms with van der Waals surface area (Å²) in [6.07, 6.45) is -4.59. The topological polar surface area (TPSA) is 32.7 Å². The number of hydrogen-bond donors (Lipinski definition) is 0. The molecule has 0 fully saturated rings. The third kappa shape index (κ3) is 2.89. The van der Waals surface area contributed by atoms with E-state index in [-0.39, 0.29) is 6.54 Å². The molecule has 0 bridgehead atoms. The van der Waals surface area contributed by atoms with E-state index in [1.165, 1.54) is 6.92 Å². The van der Waals surface area contributed by atoms with Gasteiger partial charge in [0.05, 0.1) is 12.5 Å². The summed E-state index contributed by atoms with van der Waals surface area (Å²) in [5.41, 5.74) is -0.431. The van der Waals surface area contributed by atoms with E-state index < -0.39 is 23.7 Å². The van der Waals surface area contributed by atoms with Crippen molar-refractivity contribution in [3.8, 4) is 0 Å². The third-order valence-corrected chi connectivity index (χ3v) is 3.01. The zero-order chi connectivity index (χ0) is 14.2. The predicted molar refractivity (Wildman–Crippen MR) is 64.7 cm³/mol. The maximum Gasteiger partial charge on any atom is 0.431 e. The summed E-state index contributed by atoms with van der Waals surface area (Å²) in [4.78, 5) is 11.7. The van der Waals surface area contributed by atoms with Crippen LogP contribution in [0.15, 0.2) is 29.4 Å². The van der Waals surface area contributed by atoms with Gasteiger partial charge in [0, 0.05) is 5.02 Å². The van der Waals surface area contributed by atoms with E-state index in [4.69, 9.17) is 11.6 Å². The lowest BCUT2D eigenvalue weighted by atomic mass is 10.1.